The molecule has 0 fully saturated rings. The lowest BCUT2D eigenvalue weighted by Crippen LogP contribution is -2.27. The van der Waals surface area contributed by atoms with Crippen molar-refractivity contribution in [3.63, 3.8) is 0 Å². The standard InChI is InChI=1S/C28H28N4O4/c1-4-6-19-9-15-22(16-10-19)32-27(34)25(18(3)31-32)30-29-24-8-5-7-23(26(24)33)21-13-11-20(12-14-21)17(2)28(35)36/h5,7-17,29,33H,4,6H2,1-3H3,(H,35,36). The van der Waals surface area contributed by atoms with Crippen molar-refractivity contribution < 1.29 is 19.8 Å². The monoisotopic (exact) mass is 484 g/mol. The van der Waals surface area contributed by atoms with Gasteiger partial charge in [0.05, 0.1) is 23.0 Å². The average molecular weight is 485 g/mol. The minimum atomic E-state index is -0.900. The second kappa shape index (κ2) is 10.4. The normalized spacial score (nSPS) is 15.2. The number of carbonyl (C=O) groups excluding carboxylic acids is 1. The average Bonchev–Trinajstić information content (AvgIpc) is 3.16. The zero-order chi connectivity index (χ0) is 25.8. The van der Waals surface area contributed by atoms with Crippen molar-refractivity contribution in [2.24, 2.45) is 10.2 Å². The Morgan fingerprint density at radius 2 is 1.78 bits per heavy atom. The number of aryl methyl sites for hydroxylation is 1. The highest BCUT2D eigenvalue weighted by Gasteiger charge is 2.30. The maximum Gasteiger partial charge on any atom is 0.310 e. The first-order chi connectivity index (χ1) is 17.3. The zero-order valence-corrected chi connectivity index (χ0v) is 20.4. The van der Waals surface area contributed by atoms with Gasteiger partial charge in [-0.1, -0.05) is 61.9 Å². The van der Waals surface area contributed by atoms with E-state index in [1.165, 1.54) is 10.6 Å². The molecule has 0 spiro atoms. The van der Waals surface area contributed by atoms with Gasteiger partial charge in [0.25, 0.3) is 0 Å². The van der Waals surface area contributed by atoms with E-state index in [1.807, 2.05) is 24.3 Å². The molecule has 1 unspecified atom stereocenters. The molecule has 0 radical (unpaired) electrons. The van der Waals surface area contributed by atoms with Crippen molar-refractivity contribution >= 4 is 34.7 Å². The minimum Gasteiger partial charge on any atom is -0.505 e. The number of hydrogen-bond donors (Lipinski definition) is 3. The van der Waals surface area contributed by atoms with Gasteiger partial charge < -0.3 is 10.2 Å². The smallest absolute Gasteiger partial charge is 0.310 e. The number of hydrogen-bond acceptors (Lipinski definition) is 6. The first-order valence-corrected chi connectivity index (χ1v) is 11.8. The molecule has 0 saturated carbocycles. The molecule has 3 aromatic rings. The fourth-order valence-corrected chi connectivity index (χ4v) is 3.97. The van der Waals surface area contributed by atoms with Gasteiger partial charge in [0, 0.05) is 5.56 Å². The van der Waals surface area contributed by atoms with Crippen LogP contribution in [0.25, 0.3) is 11.1 Å². The predicted octanol–water partition coefficient (Wildman–Crippen LogP) is 5.39. The maximum atomic E-state index is 13.0. The van der Waals surface area contributed by atoms with E-state index in [9.17, 15) is 19.8 Å². The van der Waals surface area contributed by atoms with Crippen LogP contribution in [0, 0.1) is 0 Å². The van der Waals surface area contributed by atoms with Crippen molar-refractivity contribution in [3.05, 3.63) is 77.9 Å². The number of phenols is 1. The number of anilines is 2. The van der Waals surface area contributed by atoms with Crippen LogP contribution in [0.1, 0.15) is 44.2 Å². The first kappa shape index (κ1) is 24.7. The van der Waals surface area contributed by atoms with Crippen molar-refractivity contribution in [3.8, 4) is 16.9 Å². The lowest BCUT2D eigenvalue weighted by atomic mass is 9.97. The highest BCUT2D eigenvalue weighted by molar-refractivity contribution is 6.71. The Morgan fingerprint density at radius 1 is 1.08 bits per heavy atom. The Morgan fingerprint density at radius 3 is 2.42 bits per heavy atom. The number of hydrazone groups is 2. The lowest BCUT2D eigenvalue weighted by molar-refractivity contribution is -0.138. The van der Waals surface area contributed by atoms with Crippen LogP contribution in [-0.4, -0.2) is 33.5 Å². The number of nitrogens with one attached hydrogen (secondary N) is 1. The number of carboxylic acids is 1. The fourth-order valence-electron chi connectivity index (χ4n) is 3.97. The van der Waals surface area contributed by atoms with E-state index in [0.717, 1.165) is 18.4 Å². The van der Waals surface area contributed by atoms with E-state index in [-0.39, 0.29) is 17.4 Å². The number of aliphatic carboxylic acids is 1. The highest BCUT2D eigenvalue weighted by Crippen LogP contribution is 2.36. The van der Waals surface area contributed by atoms with Gasteiger partial charge in [0.2, 0.25) is 0 Å². The summed E-state index contributed by atoms with van der Waals surface area (Å²) >= 11 is 0. The second-order valence-corrected chi connectivity index (χ2v) is 8.67. The Hall–Kier alpha value is -4.46. The number of benzene rings is 3. The zero-order valence-electron chi connectivity index (χ0n) is 20.4. The summed E-state index contributed by atoms with van der Waals surface area (Å²) in [6.07, 6.45) is 2.02. The fraction of sp³-hybridized carbons (Fsp3) is 0.214. The number of rotatable bonds is 8. The van der Waals surface area contributed by atoms with Gasteiger partial charge in [0.15, 0.2) is 5.71 Å². The Kier molecular flexibility index (Phi) is 7.15. The van der Waals surface area contributed by atoms with Gasteiger partial charge in [-0.3, -0.25) is 15.0 Å². The van der Waals surface area contributed by atoms with Crippen LogP contribution >= 0.6 is 0 Å². The molecular formula is C28H28N4O4. The number of para-hydroxylation sites is 1. The van der Waals surface area contributed by atoms with Crippen LogP contribution < -0.4 is 10.4 Å². The summed E-state index contributed by atoms with van der Waals surface area (Å²) in [7, 11) is 0. The molecule has 1 aliphatic rings. The van der Waals surface area contributed by atoms with Crippen molar-refractivity contribution in [2.75, 3.05) is 10.4 Å². The molecule has 8 nitrogen and oxygen atoms in total. The number of phenolic OH excluding ortho intramolecular Hbond substituents is 1. The number of carboxylic acid groups (broad SMARTS) is 1. The summed E-state index contributed by atoms with van der Waals surface area (Å²) in [6.45, 7) is 5.45. The minimum absolute atomic E-state index is 0.0377. The predicted molar refractivity (Wildman–Crippen MR) is 142 cm³/mol. The van der Waals surface area contributed by atoms with E-state index in [4.69, 9.17) is 0 Å². The molecule has 0 bridgehead atoms. The van der Waals surface area contributed by atoms with E-state index in [2.05, 4.69) is 22.6 Å². The summed E-state index contributed by atoms with van der Waals surface area (Å²) in [5.41, 5.74) is 7.55. The van der Waals surface area contributed by atoms with E-state index < -0.39 is 11.9 Å². The number of aromatic hydroxyl groups is 1. The number of nitrogens with zero attached hydrogens (tertiary/aromatic N) is 3. The lowest BCUT2D eigenvalue weighted by Gasteiger charge is -2.13. The quantitative estimate of drug-likeness (QED) is 0.293. The van der Waals surface area contributed by atoms with Crippen LogP contribution in [0.3, 0.4) is 0 Å². The largest absolute Gasteiger partial charge is 0.505 e. The van der Waals surface area contributed by atoms with Gasteiger partial charge in [-0.05, 0) is 55.2 Å². The molecule has 184 valence electrons. The first-order valence-electron chi connectivity index (χ1n) is 11.8. The van der Waals surface area contributed by atoms with Gasteiger partial charge in [0.1, 0.15) is 5.75 Å². The van der Waals surface area contributed by atoms with Crippen molar-refractivity contribution in [2.45, 2.75) is 39.5 Å². The van der Waals surface area contributed by atoms with Gasteiger partial charge in [-0.15, -0.1) is 0 Å². The van der Waals surface area contributed by atoms with E-state index >= 15 is 0 Å². The molecule has 0 aromatic heterocycles. The van der Waals surface area contributed by atoms with E-state index in [1.54, 1.807) is 56.3 Å². The molecule has 1 amide bonds. The molecule has 1 atom stereocenters. The van der Waals surface area contributed by atoms with Gasteiger partial charge >= 0.3 is 11.9 Å². The van der Waals surface area contributed by atoms with Crippen LogP contribution in [0.15, 0.2) is 76.9 Å². The van der Waals surface area contributed by atoms with Crippen LogP contribution in [0.5, 0.6) is 5.75 Å². The van der Waals surface area contributed by atoms with E-state index in [0.29, 0.717) is 28.2 Å². The summed E-state index contributed by atoms with van der Waals surface area (Å²) < 4.78 is 0. The Labute approximate surface area is 209 Å². The summed E-state index contributed by atoms with van der Waals surface area (Å²) in [6, 6.07) is 19.9. The highest BCUT2D eigenvalue weighted by atomic mass is 16.4. The molecule has 3 aromatic carbocycles. The van der Waals surface area contributed by atoms with Crippen LogP contribution in [0.4, 0.5) is 11.4 Å². The molecular weight excluding hydrogens is 456 g/mol. The SMILES string of the molecule is CCCc1ccc(N2N=C(C)C(=NNc3cccc(-c4ccc(C(C)C(=O)O)cc4)c3O)C2=O)cc1. The number of amides is 1. The molecule has 4 rings (SSSR count). The van der Waals surface area contributed by atoms with Crippen LogP contribution in [-0.2, 0) is 16.0 Å². The Bertz CT molecular complexity index is 1340. The third-order valence-electron chi connectivity index (χ3n) is 6.12. The van der Waals surface area contributed by atoms with Crippen molar-refractivity contribution in [1.29, 1.82) is 0 Å². The molecule has 3 N–H and O–H groups in total. The topological polar surface area (TPSA) is 115 Å². The van der Waals surface area contributed by atoms with Crippen LogP contribution in [0.2, 0.25) is 0 Å². The molecule has 1 aliphatic heterocycles. The molecule has 36 heavy (non-hydrogen) atoms. The number of carbonyl (C=O) groups is 2. The van der Waals surface area contributed by atoms with Gasteiger partial charge in [-0.2, -0.15) is 15.2 Å². The summed E-state index contributed by atoms with van der Waals surface area (Å²) in [4.78, 5) is 24.2. The molecule has 0 aliphatic carbocycles. The summed E-state index contributed by atoms with van der Waals surface area (Å²) in [5, 5.41) is 30.0. The Balaban J connectivity index is 1.53. The maximum absolute atomic E-state index is 13.0. The summed E-state index contributed by atoms with van der Waals surface area (Å²) in [5.74, 6) is -1.92. The second-order valence-electron chi connectivity index (χ2n) is 8.67. The third-order valence-corrected chi connectivity index (χ3v) is 6.12. The molecule has 8 heteroatoms. The molecule has 1 heterocycles. The van der Waals surface area contributed by atoms with Gasteiger partial charge in [-0.25, -0.2) is 0 Å². The third kappa shape index (κ3) is 4.98. The molecule has 0 saturated heterocycles. The van der Waals surface area contributed by atoms with Crippen molar-refractivity contribution in [1.82, 2.24) is 0 Å².